The molecule has 0 radical (unpaired) electrons. The number of rotatable bonds is 2. The molecule has 0 fully saturated rings. The van der Waals surface area contributed by atoms with Gasteiger partial charge in [0.05, 0.1) is 11.5 Å². The minimum atomic E-state index is -0.837. The van der Waals surface area contributed by atoms with Gasteiger partial charge in [0.1, 0.15) is 17.2 Å². The molecule has 0 saturated heterocycles. The van der Waals surface area contributed by atoms with Crippen molar-refractivity contribution in [3.05, 3.63) is 17.2 Å². The van der Waals surface area contributed by atoms with E-state index in [1.54, 1.807) is 20.8 Å². The number of aromatic hydroxyl groups is 1. The Balaban J connectivity index is 2.87. The van der Waals surface area contributed by atoms with Crippen LogP contribution in [0.15, 0.2) is 0 Å². The molecule has 2 aromatic rings. The summed E-state index contributed by atoms with van der Waals surface area (Å²) in [6, 6.07) is 0. The zero-order chi connectivity index (χ0) is 16.8. The molecule has 6 heteroatoms. The lowest BCUT2D eigenvalue weighted by molar-refractivity contribution is 0.228. The first-order valence-corrected chi connectivity index (χ1v) is 7.19. The molecular formula is C16H22FN3O2. The van der Waals surface area contributed by atoms with Crippen LogP contribution in [-0.4, -0.2) is 21.2 Å². The Morgan fingerprint density at radius 1 is 1.23 bits per heavy atom. The van der Waals surface area contributed by atoms with Crippen molar-refractivity contribution >= 4 is 16.7 Å². The second kappa shape index (κ2) is 5.26. The Morgan fingerprint density at radius 3 is 2.32 bits per heavy atom. The van der Waals surface area contributed by atoms with Crippen LogP contribution >= 0.6 is 0 Å². The number of aromatic nitrogens is 2. The maximum absolute atomic E-state index is 14.6. The maximum atomic E-state index is 14.6. The number of hydrogen-bond donors (Lipinski definition) is 2. The molecule has 1 aromatic heterocycles. The average molecular weight is 307 g/mol. The number of phenols is 1. The molecule has 5 nitrogen and oxygen atoms in total. The van der Waals surface area contributed by atoms with E-state index in [1.807, 2.05) is 20.8 Å². The minimum Gasteiger partial charge on any atom is -0.502 e. The Hall–Kier alpha value is -2.11. The molecule has 1 aromatic carbocycles. The molecule has 0 aliphatic carbocycles. The number of halogens is 1. The Labute approximate surface area is 129 Å². The van der Waals surface area contributed by atoms with Crippen molar-refractivity contribution in [3.63, 3.8) is 0 Å². The summed E-state index contributed by atoms with van der Waals surface area (Å²) in [6.07, 6.45) is -0.211. The monoisotopic (exact) mass is 307 g/mol. The highest BCUT2D eigenvalue weighted by atomic mass is 19.1. The normalized spacial score (nSPS) is 12.2. The Kier molecular flexibility index (Phi) is 3.89. The smallest absolute Gasteiger partial charge is 0.196 e. The van der Waals surface area contributed by atoms with Crippen LogP contribution in [0.4, 0.5) is 10.2 Å². The van der Waals surface area contributed by atoms with Crippen molar-refractivity contribution < 1.29 is 14.2 Å². The lowest BCUT2D eigenvalue weighted by atomic mass is 9.95. The van der Waals surface area contributed by atoms with Gasteiger partial charge in [-0.25, -0.2) is 14.4 Å². The lowest BCUT2D eigenvalue weighted by Crippen LogP contribution is -2.18. The summed E-state index contributed by atoms with van der Waals surface area (Å²) < 4.78 is 20.1. The van der Waals surface area contributed by atoms with Crippen molar-refractivity contribution in [1.82, 2.24) is 9.97 Å². The summed E-state index contributed by atoms with van der Waals surface area (Å²) >= 11 is 0. The molecule has 0 atom stereocenters. The number of anilines is 1. The first-order chi connectivity index (χ1) is 10.0. The Bertz CT molecular complexity index is 737. The van der Waals surface area contributed by atoms with Gasteiger partial charge >= 0.3 is 0 Å². The number of phenolic OH excluding ortho intramolecular Hbond substituents is 1. The fourth-order valence-electron chi connectivity index (χ4n) is 2.22. The van der Waals surface area contributed by atoms with Gasteiger partial charge in [-0.2, -0.15) is 0 Å². The Morgan fingerprint density at radius 2 is 1.82 bits per heavy atom. The largest absolute Gasteiger partial charge is 0.502 e. The van der Waals surface area contributed by atoms with Gasteiger partial charge < -0.3 is 15.6 Å². The third kappa shape index (κ3) is 2.65. The highest BCUT2D eigenvalue weighted by Gasteiger charge is 2.26. The van der Waals surface area contributed by atoms with Crippen LogP contribution in [0, 0.1) is 12.7 Å². The van der Waals surface area contributed by atoms with Crippen molar-refractivity contribution in [3.8, 4) is 11.5 Å². The molecule has 0 unspecified atom stereocenters. The molecule has 1 heterocycles. The van der Waals surface area contributed by atoms with Crippen molar-refractivity contribution in [2.24, 2.45) is 0 Å². The second-order valence-corrected chi connectivity index (χ2v) is 6.69. The predicted octanol–water partition coefficient (Wildman–Crippen LogP) is 3.45. The molecule has 0 amide bonds. The molecule has 0 spiro atoms. The maximum Gasteiger partial charge on any atom is 0.196 e. The molecule has 120 valence electrons. The summed E-state index contributed by atoms with van der Waals surface area (Å²) in [5.74, 6) is -0.695. The first kappa shape index (κ1) is 16.3. The molecule has 0 aliphatic rings. The number of aryl methyl sites for hydroxylation is 1. The fourth-order valence-corrected chi connectivity index (χ4v) is 2.22. The van der Waals surface area contributed by atoms with Crippen LogP contribution in [0.1, 0.15) is 46.0 Å². The van der Waals surface area contributed by atoms with Crippen LogP contribution in [0.2, 0.25) is 0 Å². The molecule has 3 N–H and O–H groups in total. The lowest BCUT2D eigenvalue weighted by Gasteiger charge is -2.20. The van der Waals surface area contributed by atoms with E-state index in [9.17, 15) is 9.50 Å². The molecular weight excluding hydrogens is 285 g/mol. The van der Waals surface area contributed by atoms with Gasteiger partial charge in [-0.15, -0.1) is 0 Å². The topological polar surface area (TPSA) is 81.3 Å². The van der Waals surface area contributed by atoms with E-state index in [-0.39, 0.29) is 28.6 Å². The molecule has 0 bridgehead atoms. The van der Waals surface area contributed by atoms with E-state index in [0.717, 1.165) is 0 Å². The molecule has 2 rings (SSSR count). The number of fused-ring (bicyclic) bond motifs is 1. The number of ether oxygens (including phenoxy) is 1. The van der Waals surface area contributed by atoms with Gasteiger partial charge in [0.25, 0.3) is 0 Å². The van der Waals surface area contributed by atoms with Crippen LogP contribution in [0.3, 0.4) is 0 Å². The number of nitrogen functional groups attached to an aromatic ring is 1. The quantitative estimate of drug-likeness (QED) is 0.888. The molecule has 22 heavy (non-hydrogen) atoms. The number of benzene rings is 1. The highest BCUT2D eigenvalue weighted by molar-refractivity contribution is 5.95. The second-order valence-electron chi connectivity index (χ2n) is 6.69. The zero-order valence-electron chi connectivity index (χ0n) is 13.8. The molecule has 0 saturated carbocycles. The van der Waals surface area contributed by atoms with Gasteiger partial charge in [0.2, 0.25) is 0 Å². The first-order valence-electron chi connectivity index (χ1n) is 7.19. The summed E-state index contributed by atoms with van der Waals surface area (Å²) in [5, 5.41) is 10.5. The van der Waals surface area contributed by atoms with Gasteiger partial charge in [0, 0.05) is 11.0 Å². The van der Waals surface area contributed by atoms with Gasteiger partial charge in [-0.1, -0.05) is 20.8 Å². The predicted molar refractivity (Wildman–Crippen MR) is 84.8 cm³/mol. The summed E-state index contributed by atoms with van der Waals surface area (Å²) in [5.41, 5.74) is 6.18. The zero-order valence-corrected chi connectivity index (χ0v) is 13.8. The van der Waals surface area contributed by atoms with E-state index in [4.69, 9.17) is 10.5 Å². The van der Waals surface area contributed by atoms with Crippen LogP contribution in [-0.2, 0) is 5.41 Å². The van der Waals surface area contributed by atoms with Crippen LogP contribution in [0.25, 0.3) is 10.9 Å². The average Bonchev–Trinajstić information content (AvgIpc) is 2.39. The summed E-state index contributed by atoms with van der Waals surface area (Å²) in [7, 11) is 0. The van der Waals surface area contributed by atoms with E-state index in [0.29, 0.717) is 16.8 Å². The fraction of sp³-hybridized carbons (Fsp3) is 0.500. The minimum absolute atomic E-state index is 0.0172. The third-order valence-electron chi connectivity index (χ3n) is 3.31. The summed E-state index contributed by atoms with van der Waals surface area (Å²) in [4.78, 5) is 8.55. The van der Waals surface area contributed by atoms with E-state index < -0.39 is 11.6 Å². The van der Waals surface area contributed by atoms with Crippen molar-refractivity contribution in [2.45, 2.75) is 53.1 Å². The third-order valence-corrected chi connectivity index (χ3v) is 3.31. The van der Waals surface area contributed by atoms with E-state index in [2.05, 4.69) is 9.97 Å². The molecule has 0 aliphatic heterocycles. The van der Waals surface area contributed by atoms with Crippen LogP contribution < -0.4 is 10.5 Å². The standard InChI is InChI=1S/C16H22FN3O2/c1-7(2)22-13-8(3)9-11(10(17)12(13)21)19-15(16(4,5)6)20-14(9)18/h7,21H,1-6H3,(H2,18,19,20). The highest BCUT2D eigenvalue weighted by Crippen LogP contribution is 2.41. The number of nitrogens with two attached hydrogens (primary N) is 1. The SMILES string of the molecule is Cc1c(OC(C)C)c(O)c(F)c2nc(C(C)(C)C)nc(N)c12. The van der Waals surface area contributed by atoms with Crippen LogP contribution in [0.5, 0.6) is 11.5 Å². The van der Waals surface area contributed by atoms with Gasteiger partial charge in [-0.3, -0.25) is 0 Å². The van der Waals surface area contributed by atoms with Crippen molar-refractivity contribution in [2.75, 3.05) is 5.73 Å². The van der Waals surface area contributed by atoms with Crippen molar-refractivity contribution in [1.29, 1.82) is 0 Å². The van der Waals surface area contributed by atoms with Gasteiger partial charge in [0.15, 0.2) is 17.3 Å². The van der Waals surface area contributed by atoms with E-state index >= 15 is 0 Å². The van der Waals surface area contributed by atoms with E-state index in [1.165, 1.54) is 0 Å². The number of hydrogen-bond acceptors (Lipinski definition) is 5. The number of nitrogens with zero attached hydrogens (tertiary/aromatic N) is 2. The van der Waals surface area contributed by atoms with Gasteiger partial charge in [-0.05, 0) is 20.8 Å². The summed E-state index contributed by atoms with van der Waals surface area (Å²) in [6.45, 7) is 11.0.